The van der Waals surface area contributed by atoms with Crippen LogP contribution in [-0.4, -0.2) is 42.6 Å². The number of amides is 4. The third-order valence-corrected chi connectivity index (χ3v) is 5.94. The molecular weight excluding hydrogens is 379 g/mol. The molecule has 3 atom stereocenters. The maximum atomic E-state index is 15.1. The standard InChI is InChI=1S/C20H21FN4O4/c1-9(2)15-16-20(17(26)23-19(28)24-18(20)27)6-12-4-11(7-22)5-13(21)14(12)25(16)8-10(3)29-15/h4-5,9-10,15-16H,6,8H2,1-3H3,(H2,23,24,26,27,28)/t10-,15+,16-/m1/s1. The molecular formula is C20H21FN4O4. The average Bonchev–Trinajstić information content (AvgIpc) is 2.64. The quantitative estimate of drug-likeness (QED) is 0.686. The Hall–Kier alpha value is -2.99. The summed E-state index contributed by atoms with van der Waals surface area (Å²) in [5.74, 6) is -2.14. The van der Waals surface area contributed by atoms with Crippen molar-refractivity contribution in [2.45, 2.75) is 45.4 Å². The van der Waals surface area contributed by atoms with E-state index in [-0.39, 0.29) is 36.2 Å². The van der Waals surface area contributed by atoms with Gasteiger partial charge in [0.1, 0.15) is 5.82 Å². The number of urea groups is 1. The van der Waals surface area contributed by atoms with Crippen molar-refractivity contribution < 1.29 is 23.5 Å². The molecule has 2 fully saturated rings. The van der Waals surface area contributed by atoms with E-state index in [0.29, 0.717) is 5.56 Å². The van der Waals surface area contributed by atoms with Gasteiger partial charge in [-0.05, 0) is 30.5 Å². The number of nitrogens with one attached hydrogen (secondary N) is 2. The minimum atomic E-state index is -1.68. The van der Waals surface area contributed by atoms with Crippen LogP contribution in [0.25, 0.3) is 0 Å². The lowest BCUT2D eigenvalue weighted by molar-refractivity contribution is -0.156. The fourth-order valence-electron chi connectivity index (χ4n) is 4.83. The van der Waals surface area contributed by atoms with E-state index in [4.69, 9.17) is 4.74 Å². The van der Waals surface area contributed by atoms with Gasteiger partial charge < -0.3 is 9.64 Å². The fraction of sp³-hybridized carbons (Fsp3) is 0.500. The number of nitriles is 1. The second-order valence-corrected chi connectivity index (χ2v) is 8.22. The minimum absolute atomic E-state index is 0.0802. The molecule has 3 aliphatic heterocycles. The van der Waals surface area contributed by atoms with E-state index in [1.54, 1.807) is 4.90 Å². The number of hydrogen-bond donors (Lipinski definition) is 2. The molecule has 0 aliphatic carbocycles. The van der Waals surface area contributed by atoms with Crippen LogP contribution in [0.4, 0.5) is 14.9 Å². The van der Waals surface area contributed by atoms with E-state index in [0.717, 1.165) is 6.07 Å². The van der Waals surface area contributed by atoms with Gasteiger partial charge in [-0.3, -0.25) is 20.2 Å². The normalized spacial score (nSPS) is 27.8. The van der Waals surface area contributed by atoms with Crippen LogP contribution in [0.3, 0.4) is 0 Å². The number of anilines is 1. The van der Waals surface area contributed by atoms with Crippen LogP contribution in [0.15, 0.2) is 12.1 Å². The summed E-state index contributed by atoms with van der Waals surface area (Å²) in [4.78, 5) is 39.7. The summed E-state index contributed by atoms with van der Waals surface area (Å²) >= 11 is 0. The first kappa shape index (κ1) is 19.3. The molecule has 2 saturated heterocycles. The highest BCUT2D eigenvalue weighted by atomic mass is 19.1. The zero-order chi connectivity index (χ0) is 21.1. The first-order chi connectivity index (χ1) is 13.7. The number of hydrogen-bond acceptors (Lipinski definition) is 6. The molecule has 4 amide bonds. The monoisotopic (exact) mass is 400 g/mol. The number of benzene rings is 1. The highest BCUT2D eigenvalue weighted by molar-refractivity contribution is 6.20. The number of carbonyl (C=O) groups is 3. The molecule has 1 spiro atoms. The van der Waals surface area contributed by atoms with E-state index in [9.17, 15) is 19.6 Å². The molecule has 29 heavy (non-hydrogen) atoms. The summed E-state index contributed by atoms with van der Waals surface area (Å²) in [5.41, 5.74) is -0.924. The molecule has 2 N–H and O–H groups in total. The Morgan fingerprint density at radius 1 is 1.28 bits per heavy atom. The van der Waals surface area contributed by atoms with Crippen molar-refractivity contribution in [1.82, 2.24) is 10.6 Å². The van der Waals surface area contributed by atoms with E-state index in [2.05, 4.69) is 10.6 Å². The second-order valence-electron chi connectivity index (χ2n) is 8.22. The Morgan fingerprint density at radius 3 is 2.52 bits per heavy atom. The molecule has 1 aromatic rings. The minimum Gasteiger partial charge on any atom is -0.371 e. The zero-order valence-corrected chi connectivity index (χ0v) is 16.3. The first-order valence-electron chi connectivity index (χ1n) is 9.50. The van der Waals surface area contributed by atoms with Crippen molar-refractivity contribution in [3.8, 4) is 6.07 Å². The van der Waals surface area contributed by atoms with Crippen molar-refractivity contribution in [2.24, 2.45) is 11.3 Å². The van der Waals surface area contributed by atoms with Crippen molar-refractivity contribution >= 4 is 23.5 Å². The number of ether oxygens (including phenoxy) is 1. The number of imide groups is 2. The maximum Gasteiger partial charge on any atom is 0.328 e. The molecule has 3 heterocycles. The molecule has 4 rings (SSSR count). The van der Waals surface area contributed by atoms with Gasteiger partial charge in [0.15, 0.2) is 5.41 Å². The number of carbonyl (C=O) groups excluding carboxylic acids is 3. The highest BCUT2D eigenvalue weighted by Crippen LogP contribution is 2.48. The summed E-state index contributed by atoms with van der Waals surface area (Å²) < 4.78 is 21.2. The van der Waals surface area contributed by atoms with Crippen LogP contribution in [0.2, 0.25) is 0 Å². The van der Waals surface area contributed by atoms with Gasteiger partial charge in [-0.25, -0.2) is 9.18 Å². The predicted molar refractivity (Wildman–Crippen MR) is 99.2 cm³/mol. The summed E-state index contributed by atoms with van der Waals surface area (Å²) in [6.45, 7) is 5.92. The number of morpholine rings is 1. The number of barbiturate groups is 1. The molecule has 1 aromatic carbocycles. The SMILES string of the molecule is CC(C)[C@@H]1O[C@H](C)CN2c3c(F)cc(C#N)cc3CC3(C(=O)NC(=O)NC3=O)[C@@H]12. The van der Waals surface area contributed by atoms with Gasteiger partial charge in [-0.2, -0.15) is 5.26 Å². The van der Waals surface area contributed by atoms with Crippen molar-refractivity contribution in [3.63, 3.8) is 0 Å². The Kier molecular flexibility index (Phi) is 4.35. The molecule has 9 heteroatoms. The summed E-state index contributed by atoms with van der Waals surface area (Å²) in [6.07, 6.45) is -0.957. The van der Waals surface area contributed by atoms with E-state index >= 15 is 4.39 Å². The Morgan fingerprint density at radius 2 is 1.93 bits per heavy atom. The lowest BCUT2D eigenvalue weighted by Gasteiger charge is -2.56. The Labute approximate surface area is 167 Å². The lowest BCUT2D eigenvalue weighted by Crippen LogP contribution is -2.76. The number of halogens is 1. The van der Waals surface area contributed by atoms with Gasteiger partial charge in [0.25, 0.3) is 0 Å². The maximum absolute atomic E-state index is 15.1. The van der Waals surface area contributed by atoms with E-state index < -0.39 is 41.2 Å². The average molecular weight is 400 g/mol. The van der Waals surface area contributed by atoms with Gasteiger partial charge in [0, 0.05) is 13.0 Å². The largest absolute Gasteiger partial charge is 0.371 e. The van der Waals surface area contributed by atoms with Crippen molar-refractivity contribution in [2.75, 3.05) is 11.4 Å². The smallest absolute Gasteiger partial charge is 0.328 e. The summed E-state index contributed by atoms with van der Waals surface area (Å²) in [6, 6.07) is 2.87. The molecule has 0 aromatic heterocycles. The van der Waals surface area contributed by atoms with Crippen LogP contribution >= 0.6 is 0 Å². The van der Waals surface area contributed by atoms with Crippen LogP contribution < -0.4 is 15.5 Å². The Balaban J connectivity index is 1.99. The van der Waals surface area contributed by atoms with Crippen molar-refractivity contribution in [1.29, 1.82) is 5.26 Å². The second kappa shape index (κ2) is 6.52. The molecule has 8 nitrogen and oxygen atoms in total. The van der Waals surface area contributed by atoms with Crippen LogP contribution in [0.1, 0.15) is 31.9 Å². The lowest BCUT2D eigenvalue weighted by atomic mass is 9.65. The van der Waals surface area contributed by atoms with E-state index in [1.807, 2.05) is 26.8 Å². The van der Waals surface area contributed by atoms with Gasteiger partial charge in [-0.1, -0.05) is 13.8 Å². The van der Waals surface area contributed by atoms with Crippen LogP contribution in [-0.2, 0) is 20.7 Å². The molecule has 0 radical (unpaired) electrons. The first-order valence-corrected chi connectivity index (χ1v) is 9.50. The third kappa shape index (κ3) is 2.70. The Bertz CT molecular complexity index is 950. The summed E-state index contributed by atoms with van der Waals surface area (Å²) in [5, 5.41) is 13.6. The zero-order valence-electron chi connectivity index (χ0n) is 16.3. The van der Waals surface area contributed by atoms with Gasteiger partial charge in [0.05, 0.1) is 35.6 Å². The number of nitrogens with zero attached hydrogens (tertiary/aromatic N) is 2. The molecule has 0 bridgehead atoms. The number of fused-ring (bicyclic) bond motifs is 4. The van der Waals surface area contributed by atoms with Gasteiger partial charge >= 0.3 is 6.03 Å². The van der Waals surface area contributed by atoms with Gasteiger partial charge in [0.2, 0.25) is 11.8 Å². The topological polar surface area (TPSA) is 112 Å². The predicted octanol–water partition coefficient (Wildman–Crippen LogP) is 1.22. The van der Waals surface area contributed by atoms with Crippen molar-refractivity contribution in [3.05, 3.63) is 29.1 Å². The molecule has 3 aliphatic rings. The fourth-order valence-corrected chi connectivity index (χ4v) is 4.83. The van der Waals surface area contributed by atoms with Gasteiger partial charge in [-0.15, -0.1) is 0 Å². The highest BCUT2D eigenvalue weighted by Gasteiger charge is 2.64. The van der Waals surface area contributed by atoms with E-state index in [1.165, 1.54) is 6.07 Å². The molecule has 0 saturated carbocycles. The van der Waals surface area contributed by atoms with Crippen LogP contribution in [0.5, 0.6) is 0 Å². The molecule has 0 unspecified atom stereocenters. The molecule has 152 valence electrons. The summed E-state index contributed by atoms with van der Waals surface area (Å²) in [7, 11) is 0. The van der Waals surface area contributed by atoms with Crippen LogP contribution in [0, 0.1) is 28.5 Å². The number of rotatable bonds is 1. The third-order valence-electron chi connectivity index (χ3n) is 5.94.